The van der Waals surface area contributed by atoms with Gasteiger partial charge in [-0.2, -0.15) is 0 Å². The number of carbonyl (C=O) groups excluding carboxylic acids is 3. The lowest BCUT2D eigenvalue weighted by Crippen LogP contribution is -2.48. The van der Waals surface area contributed by atoms with Gasteiger partial charge >= 0.3 is 0 Å². The van der Waals surface area contributed by atoms with Crippen molar-refractivity contribution in [2.45, 2.75) is 19.0 Å². The van der Waals surface area contributed by atoms with Crippen LogP contribution in [0.2, 0.25) is 10.0 Å². The summed E-state index contributed by atoms with van der Waals surface area (Å²) >= 11 is 12.4. The summed E-state index contributed by atoms with van der Waals surface area (Å²) in [6, 6.07) is 17.0. The molecule has 2 aliphatic rings. The van der Waals surface area contributed by atoms with Crippen LogP contribution >= 0.6 is 23.2 Å². The van der Waals surface area contributed by atoms with Gasteiger partial charge in [0, 0.05) is 16.1 Å². The van der Waals surface area contributed by atoms with Gasteiger partial charge in [0.2, 0.25) is 5.91 Å². The summed E-state index contributed by atoms with van der Waals surface area (Å²) in [5, 5.41) is 1.80. The molecule has 9 heteroatoms. The van der Waals surface area contributed by atoms with E-state index >= 15 is 0 Å². The van der Waals surface area contributed by atoms with Crippen LogP contribution in [-0.2, 0) is 9.59 Å². The zero-order valence-electron chi connectivity index (χ0n) is 18.9. The molecular weight excluding hydrogens is 489 g/mol. The number of aryl methyl sites for hydroxylation is 1. The minimum absolute atomic E-state index is 0.164. The van der Waals surface area contributed by atoms with E-state index in [1.54, 1.807) is 24.3 Å². The predicted molar refractivity (Wildman–Crippen MR) is 132 cm³/mol. The SMILES string of the molecule is COc1ccccc1[C@@H]1NN(C(=O)c2ccc(C)cc2)[C@@H]2C(=O)N(c3ccc(Cl)cc3Cl)C(=O)[C@H]21. The Bertz CT molecular complexity index is 1340. The van der Waals surface area contributed by atoms with E-state index in [-0.39, 0.29) is 10.7 Å². The lowest BCUT2D eigenvalue weighted by Gasteiger charge is -2.26. The number of nitrogens with one attached hydrogen (secondary N) is 1. The Hall–Kier alpha value is -3.39. The van der Waals surface area contributed by atoms with Crippen LogP contribution in [-0.4, -0.2) is 35.9 Å². The van der Waals surface area contributed by atoms with Gasteiger partial charge in [0.1, 0.15) is 11.8 Å². The van der Waals surface area contributed by atoms with Crippen LogP contribution < -0.4 is 15.1 Å². The fourth-order valence-electron chi connectivity index (χ4n) is 4.69. The van der Waals surface area contributed by atoms with Gasteiger partial charge in [-0.1, -0.05) is 59.1 Å². The summed E-state index contributed by atoms with van der Waals surface area (Å²) < 4.78 is 5.52. The third-order valence-electron chi connectivity index (χ3n) is 6.38. The van der Waals surface area contributed by atoms with Gasteiger partial charge in [-0.15, -0.1) is 0 Å². The van der Waals surface area contributed by atoms with Crippen molar-refractivity contribution in [3.63, 3.8) is 0 Å². The number of hydrazine groups is 1. The highest BCUT2D eigenvalue weighted by Crippen LogP contribution is 2.45. The molecule has 7 nitrogen and oxygen atoms in total. The summed E-state index contributed by atoms with van der Waals surface area (Å²) in [4.78, 5) is 42.1. The number of halogens is 2. The first-order chi connectivity index (χ1) is 16.8. The van der Waals surface area contributed by atoms with Gasteiger partial charge in [0.15, 0.2) is 0 Å². The summed E-state index contributed by atoms with van der Waals surface area (Å²) in [6.07, 6.45) is 0. The van der Waals surface area contributed by atoms with E-state index in [1.165, 1.54) is 24.3 Å². The number of hydrogen-bond donors (Lipinski definition) is 1. The Morgan fingerprint density at radius 1 is 0.971 bits per heavy atom. The third-order valence-corrected chi connectivity index (χ3v) is 6.91. The largest absolute Gasteiger partial charge is 0.496 e. The molecule has 0 aliphatic carbocycles. The maximum atomic E-state index is 13.8. The minimum atomic E-state index is -1.07. The normalized spacial score (nSPS) is 21.4. The first-order valence-electron chi connectivity index (χ1n) is 10.9. The number of ether oxygens (including phenoxy) is 1. The van der Waals surface area contributed by atoms with Crippen LogP contribution in [0.25, 0.3) is 0 Å². The minimum Gasteiger partial charge on any atom is -0.496 e. The number of rotatable bonds is 4. The molecule has 0 unspecified atom stereocenters. The number of benzene rings is 3. The number of hydrogen-bond acceptors (Lipinski definition) is 5. The van der Waals surface area contributed by atoms with E-state index in [1.807, 2.05) is 37.3 Å². The molecule has 3 aromatic rings. The molecule has 0 saturated carbocycles. The van der Waals surface area contributed by atoms with Crippen LogP contribution in [0.4, 0.5) is 5.69 Å². The molecule has 0 spiro atoms. The fourth-order valence-corrected chi connectivity index (χ4v) is 5.18. The molecule has 3 aromatic carbocycles. The van der Waals surface area contributed by atoms with E-state index in [0.29, 0.717) is 21.9 Å². The van der Waals surface area contributed by atoms with Crippen molar-refractivity contribution in [2.75, 3.05) is 12.0 Å². The van der Waals surface area contributed by atoms with Crippen molar-refractivity contribution in [3.8, 4) is 5.75 Å². The van der Waals surface area contributed by atoms with Crippen molar-refractivity contribution in [1.29, 1.82) is 0 Å². The van der Waals surface area contributed by atoms with Gasteiger partial charge in [-0.25, -0.2) is 10.3 Å². The van der Waals surface area contributed by atoms with Crippen molar-refractivity contribution < 1.29 is 19.1 Å². The van der Waals surface area contributed by atoms with Gasteiger partial charge in [0.25, 0.3) is 11.8 Å². The van der Waals surface area contributed by atoms with Gasteiger partial charge in [-0.3, -0.25) is 19.4 Å². The second-order valence-corrected chi connectivity index (χ2v) is 9.31. The molecule has 3 amide bonds. The average molecular weight is 510 g/mol. The number of amides is 3. The molecule has 0 aromatic heterocycles. The number of imide groups is 1. The Morgan fingerprint density at radius 2 is 1.69 bits per heavy atom. The molecule has 2 fully saturated rings. The predicted octanol–water partition coefficient (Wildman–Crippen LogP) is 4.57. The first-order valence-corrected chi connectivity index (χ1v) is 11.7. The zero-order chi connectivity index (χ0) is 24.9. The number of fused-ring (bicyclic) bond motifs is 1. The Morgan fingerprint density at radius 3 is 2.37 bits per heavy atom. The van der Waals surface area contributed by atoms with Gasteiger partial charge in [-0.05, 0) is 43.3 Å². The maximum Gasteiger partial charge on any atom is 0.268 e. The van der Waals surface area contributed by atoms with Crippen LogP contribution in [0.1, 0.15) is 27.5 Å². The van der Waals surface area contributed by atoms with Crippen molar-refractivity contribution in [2.24, 2.45) is 5.92 Å². The lowest BCUT2D eigenvalue weighted by molar-refractivity contribution is -0.123. The summed E-state index contributed by atoms with van der Waals surface area (Å²) in [5.41, 5.74) is 5.41. The summed E-state index contributed by atoms with van der Waals surface area (Å²) in [5.74, 6) is -1.78. The monoisotopic (exact) mass is 509 g/mol. The van der Waals surface area contributed by atoms with Crippen LogP contribution in [0.15, 0.2) is 66.7 Å². The topological polar surface area (TPSA) is 79.0 Å². The van der Waals surface area contributed by atoms with Crippen molar-refractivity contribution in [3.05, 3.63) is 93.5 Å². The smallest absolute Gasteiger partial charge is 0.268 e. The summed E-state index contributed by atoms with van der Waals surface area (Å²) in [6.45, 7) is 1.92. The highest BCUT2D eigenvalue weighted by molar-refractivity contribution is 6.38. The Balaban J connectivity index is 1.61. The zero-order valence-corrected chi connectivity index (χ0v) is 20.4. The van der Waals surface area contributed by atoms with Crippen LogP contribution in [0, 0.1) is 12.8 Å². The number of methoxy groups -OCH3 is 1. The second kappa shape index (κ2) is 9.00. The summed E-state index contributed by atoms with van der Waals surface area (Å²) in [7, 11) is 1.53. The van der Waals surface area contributed by atoms with E-state index in [4.69, 9.17) is 27.9 Å². The average Bonchev–Trinajstić information content (AvgIpc) is 3.36. The van der Waals surface area contributed by atoms with Gasteiger partial charge in [0.05, 0.1) is 29.8 Å². The molecule has 0 radical (unpaired) electrons. The third kappa shape index (κ3) is 3.86. The molecule has 2 heterocycles. The number of para-hydroxylation sites is 1. The van der Waals surface area contributed by atoms with E-state index in [9.17, 15) is 14.4 Å². The molecule has 2 saturated heterocycles. The molecule has 178 valence electrons. The molecule has 5 rings (SSSR count). The second-order valence-electron chi connectivity index (χ2n) is 8.47. The van der Waals surface area contributed by atoms with Crippen LogP contribution in [0.3, 0.4) is 0 Å². The lowest BCUT2D eigenvalue weighted by atomic mass is 9.90. The van der Waals surface area contributed by atoms with Crippen molar-refractivity contribution in [1.82, 2.24) is 10.4 Å². The fraction of sp³-hybridized carbons (Fsp3) is 0.192. The highest BCUT2D eigenvalue weighted by Gasteiger charge is 2.61. The van der Waals surface area contributed by atoms with Crippen LogP contribution in [0.5, 0.6) is 5.75 Å². The molecule has 3 atom stereocenters. The Kier molecular flexibility index (Phi) is 6.01. The number of carbonyl (C=O) groups is 3. The van der Waals surface area contributed by atoms with Gasteiger partial charge < -0.3 is 4.74 Å². The molecule has 35 heavy (non-hydrogen) atoms. The number of anilines is 1. The molecule has 1 N–H and O–H groups in total. The molecule has 2 aliphatic heterocycles. The number of nitrogens with zero attached hydrogens (tertiary/aromatic N) is 2. The van der Waals surface area contributed by atoms with E-state index in [2.05, 4.69) is 5.43 Å². The highest BCUT2D eigenvalue weighted by atomic mass is 35.5. The van der Waals surface area contributed by atoms with E-state index < -0.39 is 35.7 Å². The quantitative estimate of drug-likeness (QED) is 0.521. The van der Waals surface area contributed by atoms with Crippen molar-refractivity contribution >= 4 is 46.6 Å². The Labute approximate surface area is 212 Å². The maximum absolute atomic E-state index is 13.8. The molecular formula is C26H21Cl2N3O4. The standard InChI is InChI=1S/C26H21Cl2N3O4/c1-14-7-9-15(10-8-14)24(32)31-23-21(22(29-31)17-5-3-4-6-20(17)35-2)25(33)30(26(23)34)19-12-11-16(27)13-18(19)28/h3-13,21-23,29H,1-2H3/t21-,22-,23-/m0/s1. The van der Waals surface area contributed by atoms with E-state index in [0.717, 1.165) is 10.5 Å². The molecule has 0 bridgehead atoms. The first kappa shape index (κ1) is 23.4.